The maximum absolute atomic E-state index is 12.9. The summed E-state index contributed by atoms with van der Waals surface area (Å²) >= 11 is 0. The van der Waals surface area contributed by atoms with E-state index < -0.39 is 21.8 Å². The summed E-state index contributed by atoms with van der Waals surface area (Å²) in [6, 6.07) is 9.37. The van der Waals surface area contributed by atoms with E-state index in [9.17, 15) is 21.6 Å². The molecule has 1 fully saturated rings. The van der Waals surface area contributed by atoms with Crippen LogP contribution in [0.2, 0.25) is 0 Å². The number of halogens is 3. The van der Waals surface area contributed by atoms with E-state index in [2.05, 4.69) is 9.97 Å². The second-order valence-corrected chi connectivity index (χ2v) is 8.29. The highest BCUT2D eigenvalue weighted by Crippen LogP contribution is 2.32. The van der Waals surface area contributed by atoms with Crippen LogP contribution in [0.3, 0.4) is 0 Å². The molecular formula is C18H16F3N3O3S. The van der Waals surface area contributed by atoms with Crippen molar-refractivity contribution in [1.29, 1.82) is 0 Å². The summed E-state index contributed by atoms with van der Waals surface area (Å²) in [5.74, 6) is 0.365. The van der Waals surface area contributed by atoms with Crippen molar-refractivity contribution in [3.05, 3.63) is 48.0 Å². The number of aromatic nitrogens is 2. The fraction of sp³-hybridized carbons (Fsp3) is 0.278. The second-order valence-electron chi connectivity index (χ2n) is 6.36. The molecule has 1 aromatic heterocycles. The van der Waals surface area contributed by atoms with Gasteiger partial charge in [0.2, 0.25) is 10.0 Å². The van der Waals surface area contributed by atoms with Crippen LogP contribution in [0.15, 0.2) is 47.4 Å². The molecule has 0 atom stereocenters. The molecule has 28 heavy (non-hydrogen) atoms. The zero-order chi connectivity index (χ0) is 19.9. The summed E-state index contributed by atoms with van der Waals surface area (Å²) < 4.78 is 70.4. The van der Waals surface area contributed by atoms with E-state index in [0.717, 1.165) is 12.1 Å². The molecule has 1 saturated heterocycles. The Hall–Kier alpha value is -2.43. The van der Waals surface area contributed by atoms with E-state index in [1.807, 2.05) is 0 Å². The van der Waals surface area contributed by atoms with Crippen LogP contribution in [0.1, 0.15) is 5.56 Å². The normalized spacial score (nSPS) is 16.5. The molecule has 1 N–H and O–H groups in total. The lowest BCUT2D eigenvalue weighted by Gasteiger charge is -2.26. The van der Waals surface area contributed by atoms with Crippen molar-refractivity contribution in [2.45, 2.75) is 11.1 Å². The molecule has 1 aliphatic rings. The zero-order valence-corrected chi connectivity index (χ0v) is 15.3. The van der Waals surface area contributed by atoms with E-state index in [4.69, 9.17) is 4.74 Å². The van der Waals surface area contributed by atoms with E-state index in [1.54, 1.807) is 12.1 Å². The molecule has 0 radical (unpaired) electrons. The van der Waals surface area contributed by atoms with Crippen LogP contribution in [0.4, 0.5) is 13.2 Å². The summed E-state index contributed by atoms with van der Waals surface area (Å²) in [7, 11) is -3.61. The van der Waals surface area contributed by atoms with E-state index in [1.165, 1.54) is 22.5 Å². The number of hydrogen-bond donors (Lipinski definition) is 1. The first kappa shape index (κ1) is 18.9. The van der Waals surface area contributed by atoms with Gasteiger partial charge in [0, 0.05) is 18.7 Å². The predicted octanol–water partition coefficient (Wildman–Crippen LogP) is 3.27. The Morgan fingerprint density at radius 1 is 1.04 bits per heavy atom. The number of H-pyrrole nitrogens is 1. The zero-order valence-electron chi connectivity index (χ0n) is 14.5. The van der Waals surface area contributed by atoms with Gasteiger partial charge in [0.25, 0.3) is 0 Å². The quantitative estimate of drug-likeness (QED) is 0.718. The highest BCUT2D eigenvalue weighted by Gasteiger charge is 2.31. The molecule has 2 heterocycles. The number of aromatic amines is 1. The van der Waals surface area contributed by atoms with Gasteiger partial charge < -0.3 is 9.72 Å². The number of imidazole rings is 1. The lowest BCUT2D eigenvalue weighted by atomic mass is 10.2. The molecular weight excluding hydrogens is 395 g/mol. The number of nitrogens with one attached hydrogen (secondary N) is 1. The van der Waals surface area contributed by atoms with Crippen LogP contribution < -0.4 is 0 Å². The van der Waals surface area contributed by atoms with Gasteiger partial charge in [0.05, 0.1) is 34.7 Å². The van der Waals surface area contributed by atoms with Gasteiger partial charge in [0.15, 0.2) is 0 Å². The first-order chi connectivity index (χ1) is 13.2. The van der Waals surface area contributed by atoms with Crippen molar-refractivity contribution >= 4 is 21.1 Å². The average molecular weight is 411 g/mol. The molecule has 10 heteroatoms. The van der Waals surface area contributed by atoms with Crippen LogP contribution >= 0.6 is 0 Å². The summed E-state index contributed by atoms with van der Waals surface area (Å²) in [6.07, 6.45) is -4.44. The fourth-order valence-electron chi connectivity index (χ4n) is 3.04. The summed E-state index contributed by atoms with van der Waals surface area (Å²) in [5.41, 5.74) is 0.468. The van der Waals surface area contributed by atoms with E-state index in [0.29, 0.717) is 43.2 Å². The van der Waals surface area contributed by atoms with Gasteiger partial charge in [0.1, 0.15) is 5.82 Å². The highest BCUT2D eigenvalue weighted by atomic mass is 32.2. The lowest BCUT2D eigenvalue weighted by Crippen LogP contribution is -2.40. The monoisotopic (exact) mass is 411 g/mol. The maximum Gasteiger partial charge on any atom is 0.416 e. The average Bonchev–Trinajstić information content (AvgIpc) is 3.11. The molecule has 0 saturated carbocycles. The largest absolute Gasteiger partial charge is 0.416 e. The summed E-state index contributed by atoms with van der Waals surface area (Å²) in [4.78, 5) is 7.29. The van der Waals surface area contributed by atoms with Gasteiger partial charge in [-0.2, -0.15) is 17.5 Å². The Bertz CT molecular complexity index is 1100. The number of ether oxygens (including phenoxy) is 1. The maximum atomic E-state index is 12.9. The molecule has 4 rings (SSSR count). The SMILES string of the molecule is O=S(=O)(c1ccc(-c2nc3ccc(C(F)(F)F)cc3[nH]2)cc1)N1CCOCC1. The number of morpholine rings is 1. The number of alkyl halides is 3. The van der Waals surface area contributed by atoms with Gasteiger partial charge in [-0.1, -0.05) is 0 Å². The molecule has 1 aliphatic heterocycles. The minimum atomic E-state index is -4.44. The Balaban J connectivity index is 1.63. The third kappa shape index (κ3) is 3.50. The Kier molecular flexibility index (Phi) is 4.64. The van der Waals surface area contributed by atoms with Gasteiger partial charge in [-0.25, -0.2) is 13.4 Å². The molecule has 0 spiro atoms. The summed E-state index contributed by atoms with van der Waals surface area (Å²) in [5, 5.41) is 0. The molecule has 0 unspecified atom stereocenters. The summed E-state index contributed by atoms with van der Waals surface area (Å²) in [6.45, 7) is 1.32. The van der Waals surface area contributed by atoms with Crippen molar-refractivity contribution < 1.29 is 26.3 Å². The number of benzene rings is 2. The van der Waals surface area contributed by atoms with E-state index >= 15 is 0 Å². The highest BCUT2D eigenvalue weighted by molar-refractivity contribution is 7.89. The van der Waals surface area contributed by atoms with Crippen molar-refractivity contribution in [2.75, 3.05) is 26.3 Å². The molecule has 2 aromatic carbocycles. The lowest BCUT2D eigenvalue weighted by molar-refractivity contribution is -0.137. The third-order valence-corrected chi connectivity index (χ3v) is 6.46. The molecule has 6 nitrogen and oxygen atoms in total. The third-order valence-electron chi connectivity index (χ3n) is 4.54. The second kappa shape index (κ2) is 6.87. The van der Waals surface area contributed by atoms with Gasteiger partial charge in [-0.05, 0) is 42.5 Å². The fourth-order valence-corrected chi connectivity index (χ4v) is 4.45. The molecule has 0 aliphatic carbocycles. The van der Waals surface area contributed by atoms with Crippen LogP contribution in [-0.2, 0) is 20.9 Å². The number of rotatable bonds is 3. The van der Waals surface area contributed by atoms with Crippen molar-refractivity contribution in [2.24, 2.45) is 0 Å². The smallest absolute Gasteiger partial charge is 0.379 e. The van der Waals surface area contributed by atoms with Gasteiger partial charge in [-0.15, -0.1) is 0 Å². The van der Waals surface area contributed by atoms with Crippen molar-refractivity contribution in [3.63, 3.8) is 0 Å². The Morgan fingerprint density at radius 3 is 2.36 bits per heavy atom. The van der Waals surface area contributed by atoms with E-state index in [-0.39, 0.29) is 10.4 Å². The van der Waals surface area contributed by atoms with Crippen LogP contribution in [-0.4, -0.2) is 49.0 Å². The molecule has 0 bridgehead atoms. The first-order valence-electron chi connectivity index (χ1n) is 8.50. The van der Waals surface area contributed by atoms with Gasteiger partial charge >= 0.3 is 6.18 Å². The minimum Gasteiger partial charge on any atom is -0.379 e. The number of nitrogens with zero attached hydrogens (tertiary/aromatic N) is 2. The van der Waals surface area contributed by atoms with Crippen molar-refractivity contribution in [3.8, 4) is 11.4 Å². The standard InChI is InChI=1S/C18H16F3N3O3S/c19-18(20,21)13-3-6-15-16(11-13)23-17(22-15)12-1-4-14(5-2-12)28(25,26)24-7-9-27-10-8-24/h1-6,11H,7-10H2,(H,22,23). The molecule has 148 valence electrons. The predicted molar refractivity (Wildman–Crippen MR) is 96.1 cm³/mol. The number of hydrogen-bond acceptors (Lipinski definition) is 4. The number of fused-ring (bicyclic) bond motifs is 1. The van der Waals surface area contributed by atoms with Crippen LogP contribution in [0, 0.1) is 0 Å². The topological polar surface area (TPSA) is 75.3 Å². The van der Waals surface area contributed by atoms with Crippen LogP contribution in [0.25, 0.3) is 22.4 Å². The number of sulfonamides is 1. The molecule has 0 amide bonds. The first-order valence-corrected chi connectivity index (χ1v) is 9.94. The van der Waals surface area contributed by atoms with Crippen molar-refractivity contribution in [1.82, 2.24) is 14.3 Å². The van der Waals surface area contributed by atoms with Gasteiger partial charge in [-0.3, -0.25) is 0 Å². The Labute approximate surface area is 159 Å². The van der Waals surface area contributed by atoms with Crippen LogP contribution in [0.5, 0.6) is 0 Å². The molecule has 3 aromatic rings. The minimum absolute atomic E-state index is 0.147. The Morgan fingerprint density at radius 2 is 1.71 bits per heavy atom.